The van der Waals surface area contributed by atoms with Gasteiger partial charge in [0.2, 0.25) is 10.0 Å². The Balaban J connectivity index is 1.70. The number of nitrogens with zero attached hydrogens (tertiary/aromatic N) is 2. The first-order valence-electron chi connectivity index (χ1n) is 7.10. The van der Waals surface area contributed by atoms with Crippen LogP contribution in [0.3, 0.4) is 0 Å². The van der Waals surface area contributed by atoms with Crippen LogP contribution in [-0.2, 0) is 16.6 Å². The van der Waals surface area contributed by atoms with Crippen molar-refractivity contribution in [3.05, 3.63) is 60.4 Å². The van der Waals surface area contributed by atoms with Gasteiger partial charge in [0.1, 0.15) is 5.75 Å². The Kier molecular flexibility index (Phi) is 4.59. The molecule has 1 heterocycles. The number of benzene rings is 2. The minimum Gasteiger partial charge on any atom is -0.497 e. The van der Waals surface area contributed by atoms with E-state index in [-0.39, 0.29) is 17.3 Å². The van der Waals surface area contributed by atoms with Crippen molar-refractivity contribution in [1.29, 1.82) is 0 Å². The molecule has 124 valence electrons. The van der Waals surface area contributed by atoms with Crippen molar-refractivity contribution < 1.29 is 17.7 Å². The topological polar surface area (TPSA) is 94.3 Å². The number of hydrogen-bond acceptors (Lipinski definition) is 6. The summed E-state index contributed by atoms with van der Waals surface area (Å²) in [6, 6.07) is 15.2. The fraction of sp³-hybridized carbons (Fsp3) is 0.125. The van der Waals surface area contributed by atoms with Crippen molar-refractivity contribution in [2.75, 3.05) is 7.11 Å². The van der Waals surface area contributed by atoms with Gasteiger partial charge < -0.3 is 9.26 Å². The van der Waals surface area contributed by atoms with Gasteiger partial charge in [-0.15, -0.1) is 0 Å². The largest absolute Gasteiger partial charge is 0.497 e. The molecule has 0 unspecified atom stereocenters. The number of nitrogens with one attached hydrogen (secondary N) is 1. The average molecular weight is 345 g/mol. The normalized spacial score (nSPS) is 11.4. The molecule has 0 aliphatic heterocycles. The predicted octanol–water partition coefficient (Wildman–Crippen LogP) is 2.22. The van der Waals surface area contributed by atoms with Gasteiger partial charge in [0.05, 0.1) is 18.6 Å². The maximum absolute atomic E-state index is 12.1. The lowest BCUT2D eigenvalue weighted by Gasteiger charge is -2.03. The lowest BCUT2D eigenvalue weighted by Crippen LogP contribution is -2.23. The van der Waals surface area contributed by atoms with Crippen LogP contribution in [0.1, 0.15) is 5.82 Å². The van der Waals surface area contributed by atoms with Crippen molar-refractivity contribution >= 4 is 10.0 Å². The summed E-state index contributed by atoms with van der Waals surface area (Å²) < 4.78 is 37.0. The smallest absolute Gasteiger partial charge is 0.257 e. The van der Waals surface area contributed by atoms with E-state index in [0.29, 0.717) is 11.6 Å². The van der Waals surface area contributed by atoms with Crippen LogP contribution in [0.25, 0.3) is 11.5 Å². The second-order valence-electron chi connectivity index (χ2n) is 4.88. The molecule has 1 N–H and O–H groups in total. The van der Waals surface area contributed by atoms with E-state index in [2.05, 4.69) is 14.9 Å². The van der Waals surface area contributed by atoms with Crippen molar-refractivity contribution in [2.24, 2.45) is 0 Å². The Labute approximate surface area is 139 Å². The van der Waals surface area contributed by atoms with E-state index >= 15 is 0 Å². The molecule has 1 aromatic heterocycles. The number of aromatic nitrogens is 2. The first-order chi connectivity index (χ1) is 11.6. The zero-order valence-corrected chi connectivity index (χ0v) is 13.7. The monoisotopic (exact) mass is 345 g/mol. The molecule has 0 radical (unpaired) electrons. The maximum Gasteiger partial charge on any atom is 0.257 e. The number of methoxy groups -OCH3 is 1. The van der Waals surface area contributed by atoms with E-state index < -0.39 is 10.0 Å². The molecule has 3 rings (SSSR count). The van der Waals surface area contributed by atoms with Gasteiger partial charge in [-0.05, 0) is 36.4 Å². The highest BCUT2D eigenvalue weighted by Gasteiger charge is 2.15. The van der Waals surface area contributed by atoms with Gasteiger partial charge >= 0.3 is 0 Å². The van der Waals surface area contributed by atoms with E-state index in [1.807, 2.05) is 0 Å². The third-order valence-corrected chi connectivity index (χ3v) is 4.70. The van der Waals surface area contributed by atoms with E-state index in [0.717, 1.165) is 5.56 Å². The molecule has 3 aromatic rings. The van der Waals surface area contributed by atoms with Crippen molar-refractivity contribution in [2.45, 2.75) is 11.4 Å². The summed E-state index contributed by atoms with van der Waals surface area (Å²) in [6.45, 7) is -0.0586. The van der Waals surface area contributed by atoms with Crippen LogP contribution in [0.2, 0.25) is 0 Å². The summed E-state index contributed by atoms with van der Waals surface area (Å²) in [5, 5.41) is 3.79. The molecule has 0 amide bonds. The Morgan fingerprint density at radius 1 is 1.08 bits per heavy atom. The third kappa shape index (κ3) is 3.61. The molecule has 8 heteroatoms. The molecule has 0 bridgehead atoms. The molecular formula is C16H15N3O4S. The third-order valence-electron chi connectivity index (χ3n) is 3.28. The second kappa shape index (κ2) is 6.81. The lowest BCUT2D eigenvalue weighted by molar-refractivity contribution is 0.414. The molecule has 0 fully saturated rings. The van der Waals surface area contributed by atoms with Crippen LogP contribution < -0.4 is 9.46 Å². The minimum atomic E-state index is -3.61. The standard InChI is InChI=1S/C16H15N3O4S/c1-22-13-9-7-12(8-10-13)16-18-15(19-23-16)11-17-24(20,21)14-5-3-2-4-6-14/h2-10,17H,11H2,1H3. The van der Waals surface area contributed by atoms with Crippen LogP contribution in [0.15, 0.2) is 64.0 Å². The number of hydrogen-bond donors (Lipinski definition) is 1. The van der Waals surface area contributed by atoms with E-state index in [1.165, 1.54) is 12.1 Å². The molecule has 0 saturated carbocycles. The lowest BCUT2D eigenvalue weighted by atomic mass is 10.2. The highest BCUT2D eigenvalue weighted by atomic mass is 32.2. The Bertz CT molecular complexity index is 906. The molecule has 2 aromatic carbocycles. The molecular weight excluding hydrogens is 330 g/mol. The zero-order valence-electron chi connectivity index (χ0n) is 12.8. The maximum atomic E-state index is 12.1. The second-order valence-corrected chi connectivity index (χ2v) is 6.65. The minimum absolute atomic E-state index is 0.0586. The van der Waals surface area contributed by atoms with Gasteiger partial charge in [-0.25, -0.2) is 13.1 Å². The van der Waals surface area contributed by atoms with Gasteiger partial charge in [-0.3, -0.25) is 0 Å². The van der Waals surface area contributed by atoms with E-state index in [9.17, 15) is 8.42 Å². The molecule has 0 spiro atoms. The van der Waals surface area contributed by atoms with E-state index in [4.69, 9.17) is 9.26 Å². The molecule has 0 atom stereocenters. The first kappa shape index (κ1) is 16.2. The van der Waals surface area contributed by atoms with Crippen LogP contribution in [0.5, 0.6) is 5.75 Å². The summed E-state index contributed by atoms with van der Waals surface area (Å²) in [6.07, 6.45) is 0. The van der Waals surface area contributed by atoms with Crippen molar-refractivity contribution in [3.63, 3.8) is 0 Å². The molecule has 24 heavy (non-hydrogen) atoms. The van der Waals surface area contributed by atoms with Gasteiger partial charge in [0.25, 0.3) is 5.89 Å². The summed E-state index contributed by atoms with van der Waals surface area (Å²) >= 11 is 0. The van der Waals surface area contributed by atoms with Crippen molar-refractivity contribution in [3.8, 4) is 17.2 Å². The summed E-state index contributed by atoms with van der Waals surface area (Å²) in [4.78, 5) is 4.37. The Morgan fingerprint density at radius 3 is 2.46 bits per heavy atom. The fourth-order valence-corrected chi connectivity index (χ4v) is 3.02. The van der Waals surface area contributed by atoms with Gasteiger partial charge in [0.15, 0.2) is 5.82 Å². The fourth-order valence-electron chi connectivity index (χ4n) is 2.02. The van der Waals surface area contributed by atoms with E-state index in [1.54, 1.807) is 49.6 Å². The van der Waals surface area contributed by atoms with Crippen LogP contribution in [0.4, 0.5) is 0 Å². The zero-order chi connectivity index (χ0) is 17.0. The van der Waals surface area contributed by atoms with Gasteiger partial charge in [-0.1, -0.05) is 23.4 Å². The molecule has 7 nitrogen and oxygen atoms in total. The molecule has 0 aliphatic carbocycles. The summed E-state index contributed by atoms with van der Waals surface area (Å²) in [7, 11) is -2.03. The molecule has 0 saturated heterocycles. The average Bonchev–Trinajstić information content (AvgIpc) is 3.10. The van der Waals surface area contributed by atoms with Crippen LogP contribution in [-0.4, -0.2) is 25.7 Å². The predicted molar refractivity (Wildman–Crippen MR) is 86.8 cm³/mol. The van der Waals surface area contributed by atoms with Gasteiger partial charge in [-0.2, -0.15) is 4.98 Å². The SMILES string of the molecule is COc1ccc(-c2nc(CNS(=O)(=O)c3ccccc3)no2)cc1. The Morgan fingerprint density at radius 2 is 1.79 bits per heavy atom. The highest BCUT2D eigenvalue weighted by Crippen LogP contribution is 2.20. The van der Waals surface area contributed by atoms with Crippen LogP contribution in [0, 0.1) is 0 Å². The Hall–Kier alpha value is -2.71. The summed E-state index contributed by atoms with van der Waals surface area (Å²) in [5.41, 5.74) is 0.723. The number of rotatable bonds is 6. The quantitative estimate of drug-likeness (QED) is 0.736. The number of sulfonamides is 1. The van der Waals surface area contributed by atoms with Crippen LogP contribution >= 0.6 is 0 Å². The number of ether oxygens (including phenoxy) is 1. The summed E-state index contributed by atoms with van der Waals surface area (Å²) in [5.74, 6) is 1.28. The first-order valence-corrected chi connectivity index (χ1v) is 8.58. The molecule has 0 aliphatic rings. The van der Waals surface area contributed by atoms with Crippen molar-refractivity contribution in [1.82, 2.24) is 14.9 Å². The highest BCUT2D eigenvalue weighted by molar-refractivity contribution is 7.89. The van der Waals surface area contributed by atoms with Gasteiger partial charge in [0, 0.05) is 5.56 Å².